The first kappa shape index (κ1) is 9.87. The van der Waals surface area contributed by atoms with Crippen molar-refractivity contribution in [2.75, 3.05) is 6.54 Å². The summed E-state index contributed by atoms with van der Waals surface area (Å²) in [6.07, 6.45) is 3.03. The molecule has 14 heavy (non-hydrogen) atoms. The van der Waals surface area contributed by atoms with Crippen LogP contribution in [0.3, 0.4) is 0 Å². The lowest BCUT2D eigenvalue weighted by Gasteiger charge is -2.07. The van der Waals surface area contributed by atoms with Crippen LogP contribution in [0.1, 0.15) is 34.5 Å². The topological polar surface area (TPSA) is 29.1 Å². The van der Waals surface area contributed by atoms with Gasteiger partial charge in [-0.2, -0.15) is 0 Å². The van der Waals surface area contributed by atoms with Gasteiger partial charge in [-0.3, -0.25) is 4.79 Å². The van der Waals surface area contributed by atoms with E-state index in [0.29, 0.717) is 18.2 Å². The van der Waals surface area contributed by atoms with Crippen LogP contribution in [0.5, 0.6) is 0 Å². The summed E-state index contributed by atoms with van der Waals surface area (Å²) in [5.41, 5.74) is 1.12. The Kier molecular flexibility index (Phi) is 2.99. The van der Waals surface area contributed by atoms with Crippen LogP contribution in [0, 0.1) is 6.92 Å². The van der Waals surface area contributed by atoms with E-state index < -0.39 is 0 Å². The molecule has 1 aliphatic heterocycles. The second kappa shape index (κ2) is 4.24. The van der Waals surface area contributed by atoms with Crippen LogP contribution in [0.15, 0.2) is 11.4 Å². The second-order valence-corrected chi connectivity index (χ2v) is 4.77. The van der Waals surface area contributed by atoms with Crippen molar-refractivity contribution in [1.82, 2.24) is 5.32 Å². The van der Waals surface area contributed by atoms with Gasteiger partial charge in [0.1, 0.15) is 0 Å². The van der Waals surface area contributed by atoms with Crippen molar-refractivity contribution < 1.29 is 4.79 Å². The molecule has 2 nitrogen and oxygen atoms in total. The van der Waals surface area contributed by atoms with Crippen molar-refractivity contribution in [2.45, 2.75) is 32.2 Å². The van der Waals surface area contributed by atoms with Crippen LogP contribution in [0.25, 0.3) is 0 Å². The van der Waals surface area contributed by atoms with E-state index in [1.807, 2.05) is 18.4 Å². The Morgan fingerprint density at radius 1 is 1.71 bits per heavy atom. The summed E-state index contributed by atoms with van der Waals surface area (Å²) < 4.78 is 0. The maximum Gasteiger partial charge on any atom is 0.174 e. The minimum Gasteiger partial charge on any atom is -0.314 e. The fourth-order valence-electron chi connectivity index (χ4n) is 1.91. The van der Waals surface area contributed by atoms with E-state index in [2.05, 4.69) is 5.32 Å². The molecule has 1 aromatic heterocycles. The summed E-state index contributed by atoms with van der Waals surface area (Å²) >= 11 is 1.56. The molecule has 0 saturated carbocycles. The van der Waals surface area contributed by atoms with Gasteiger partial charge in [0, 0.05) is 12.5 Å². The molecule has 1 saturated heterocycles. The summed E-state index contributed by atoms with van der Waals surface area (Å²) in [5.74, 6) is 0.303. The molecule has 1 atom stereocenters. The predicted octanol–water partition coefficient (Wildman–Crippen LogP) is 2.38. The molecule has 1 N–H and O–H groups in total. The normalized spacial score (nSPS) is 21.4. The molecule has 2 heterocycles. The predicted molar refractivity (Wildman–Crippen MR) is 59.0 cm³/mol. The number of thiophene rings is 1. The first-order chi connectivity index (χ1) is 6.77. The fourth-order valence-corrected chi connectivity index (χ4v) is 2.78. The Hall–Kier alpha value is -0.670. The molecule has 0 radical (unpaired) electrons. The van der Waals surface area contributed by atoms with E-state index >= 15 is 0 Å². The Balaban J connectivity index is 1.98. The van der Waals surface area contributed by atoms with Gasteiger partial charge < -0.3 is 5.32 Å². The molecule has 76 valence electrons. The molecule has 1 unspecified atom stereocenters. The minimum atomic E-state index is 0.303. The zero-order valence-electron chi connectivity index (χ0n) is 8.38. The largest absolute Gasteiger partial charge is 0.314 e. The summed E-state index contributed by atoms with van der Waals surface area (Å²) in [4.78, 5) is 12.8. The van der Waals surface area contributed by atoms with Crippen molar-refractivity contribution >= 4 is 17.1 Å². The van der Waals surface area contributed by atoms with Crippen LogP contribution in [-0.2, 0) is 0 Å². The van der Waals surface area contributed by atoms with Gasteiger partial charge in [0.2, 0.25) is 0 Å². The number of carbonyl (C=O) groups excluding carboxylic acids is 1. The highest BCUT2D eigenvalue weighted by Crippen LogP contribution is 2.20. The molecular weight excluding hydrogens is 194 g/mol. The van der Waals surface area contributed by atoms with Gasteiger partial charge in [0.05, 0.1) is 4.88 Å². The van der Waals surface area contributed by atoms with E-state index in [4.69, 9.17) is 0 Å². The molecule has 1 aromatic rings. The molecule has 1 aliphatic rings. The average molecular weight is 209 g/mol. The van der Waals surface area contributed by atoms with Gasteiger partial charge in [0.15, 0.2) is 5.78 Å². The van der Waals surface area contributed by atoms with Gasteiger partial charge >= 0.3 is 0 Å². The van der Waals surface area contributed by atoms with E-state index in [1.165, 1.54) is 6.42 Å². The molecule has 0 amide bonds. The molecular formula is C11H15NOS. The molecule has 0 aromatic carbocycles. The van der Waals surface area contributed by atoms with Gasteiger partial charge in [-0.15, -0.1) is 11.3 Å². The molecule has 1 fully saturated rings. The van der Waals surface area contributed by atoms with Crippen molar-refractivity contribution in [3.63, 3.8) is 0 Å². The molecule has 0 bridgehead atoms. The van der Waals surface area contributed by atoms with Crippen molar-refractivity contribution in [3.8, 4) is 0 Å². The highest BCUT2D eigenvalue weighted by molar-refractivity contribution is 7.12. The lowest BCUT2D eigenvalue weighted by Crippen LogP contribution is -2.24. The van der Waals surface area contributed by atoms with Crippen LogP contribution < -0.4 is 5.32 Å². The number of aryl methyl sites for hydroxylation is 1. The van der Waals surface area contributed by atoms with Gasteiger partial charge in [0.25, 0.3) is 0 Å². The van der Waals surface area contributed by atoms with Crippen molar-refractivity contribution in [3.05, 3.63) is 21.9 Å². The highest BCUT2D eigenvalue weighted by Gasteiger charge is 2.19. The lowest BCUT2D eigenvalue weighted by atomic mass is 10.1. The first-order valence-corrected chi connectivity index (χ1v) is 5.96. The monoisotopic (exact) mass is 209 g/mol. The minimum absolute atomic E-state index is 0.303. The smallest absolute Gasteiger partial charge is 0.174 e. The fraction of sp³-hybridized carbons (Fsp3) is 0.545. The number of rotatable bonds is 3. The van der Waals surface area contributed by atoms with E-state index in [1.54, 1.807) is 11.3 Å². The number of nitrogens with one attached hydrogen (secondary N) is 1. The molecule has 0 aliphatic carbocycles. The Morgan fingerprint density at radius 2 is 2.57 bits per heavy atom. The SMILES string of the molecule is Cc1ccsc1C(=O)CC1CCCN1. The number of hydrogen-bond donors (Lipinski definition) is 1. The number of Topliss-reactive ketones (excluding diaryl/α,β-unsaturated/α-hetero) is 1. The zero-order chi connectivity index (χ0) is 9.97. The zero-order valence-corrected chi connectivity index (χ0v) is 9.19. The summed E-state index contributed by atoms with van der Waals surface area (Å²) in [6, 6.07) is 2.43. The third-order valence-electron chi connectivity index (χ3n) is 2.71. The third kappa shape index (κ3) is 2.04. The summed E-state index contributed by atoms with van der Waals surface area (Å²) in [6.45, 7) is 3.08. The van der Waals surface area contributed by atoms with Crippen LogP contribution >= 0.6 is 11.3 Å². The van der Waals surface area contributed by atoms with Gasteiger partial charge in [-0.05, 0) is 43.3 Å². The van der Waals surface area contributed by atoms with Crippen molar-refractivity contribution in [2.24, 2.45) is 0 Å². The maximum atomic E-state index is 11.9. The maximum absolute atomic E-state index is 11.9. The number of ketones is 1. The standard InChI is InChI=1S/C11H15NOS/c1-8-4-6-14-11(8)10(13)7-9-3-2-5-12-9/h4,6,9,12H,2-3,5,7H2,1H3. The Bertz CT molecular complexity index is 326. The Labute approximate surface area is 88.3 Å². The summed E-state index contributed by atoms with van der Waals surface area (Å²) in [5, 5.41) is 5.34. The number of hydrogen-bond acceptors (Lipinski definition) is 3. The van der Waals surface area contributed by atoms with E-state index in [9.17, 15) is 4.79 Å². The average Bonchev–Trinajstić information content (AvgIpc) is 2.75. The van der Waals surface area contributed by atoms with Crippen LogP contribution in [-0.4, -0.2) is 18.4 Å². The first-order valence-electron chi connectivity index (χ1n) is 5.08. The molecule has 2 rings (SSSR count). The molecule has 0 spiro atoms. The third-order valence-corrected chi connectivity index (χ3v) is 3.77. The highest BCUT2D eigenvalue weighted by atomic mass is 32.1. The van der Waals surface area contributed by atoms with Crippen LogP contribution in [0.4, 0.5) is 0 Å². The van der Waals surface area contributed by atoms with E-state index in [0.717, 1.165) is 23.4 Å². The van der Waals surface area contributed by atoms with Crippen LogP contribution in [0.2, 0.25) is 0 Å². The second-order valence-electron chi connectivity index (χ2n) is 3.85. The molecule has 3 heteroatoms. The van der Waals surface area contributed by atoms with Gasteiger partial charge in [-0.1, -0.05) is 0 Å². The quantitative estimate of drug-likeness (QED) is 0.774. The summed E-state index contributed by atoms with van der Waals surface area (Å²) in [7, 11) is 0. The number of carbonyl (C=O) groups is 1. The van der Waals surface area contributed by atoms with Gasteiger partial charge in [-0.25, -0.2) is 0 Å². The lowest BCUT2D eigenvalue weighted by molar-refractivity contribution is 0.0975. The van der Waals surface area contributed by atoms with E-state index in [-0.39, 0.29) is 0 Å². The Morgan fingerprint density at radius 3 is 3.14 bits per heavy atom. The van der Waals surface area contributed by atoms with Crippen molar-refractivity contribution in [1.29, 1.82) is 0 Å².